The minimum absolute atomic E-state index is 0.118. The fraction of sp³-hybridized carbons (Fsp3) is 0.857. The molecule has 1 rings (SSSR count). The smallest absolute Gasteiger partial charge is 0.307 e. The molecule has 1 aliphatic carbocycles. The fourth-order valence-corrected chi connectivity index (χ4v) is 2.86. The van der Waals surface area contributed by atoms with Gasteiger partial charge in [0.25, 0.3) is 0 Å². The molecule has 110 valence electrons. The Balaban J connectivity index is 2.50. The molecule has 0 spiro atoms. The summed E-state index contributed by atoms with van der Waals surface area (Å²) in [5.41, 5.74) is 0. The SMILES string of the molecule is CCC(CCO)CNC(=O)[C@H]1CC(C)C[C@H]1C(=O)O. The maximum Gasteiger partial charge on any atom is 0.307 e. The van der Waals surface area contributed by atoms with Crippen molar-refractivity contribution >= 4 is 11.9 Å². The fourth-order valence-electron chi connectivity index (χ4n) is 2.86. The van der Waals surface area contributed by atoms with E-state index < -0.39 is 17.8 Å². The van der Waals surface area contributed by atoms with Gasteiger partial charge in [0.2, 0.25) is 5.91 Å². The van der Waals surface area contributed by atoms with Gasteiger partial charge in [-0.1, -0.05) is 20.3 Å². The third kappa shape index (κ3) is 4.49. The van der Waals surface area contributed by atoms with E-state index in [2.05, 4.69) is 5.32 Å². The van der Waals surface area contributed by atoms with Gasteiger partial charge in [-0.25, -0.2) is 0 Å². The Kier molecular flexibility index (Phi) is 6.28. The highest BCUT2D eigenvalue weighted by atomic mass is 16.4. The predicted molar refractivity (Wildman–Crippen MR) is 71.5 cm³/mol. The summed E-state index contributed by atoms with van der Waals surface area (Å²) in [7, 11) is 0. The lowest BCUT2D eigenvalue weighted by Crippen LogP contribution is -2.37. The molecule has 1 fully saturated rings. The molecule has 3 N–H and O–H groups in total. The molecule has 0 aliphatic heterocycles. The van der Waals surface area contributed by atoms with Gasteiger partial charge in [0, 0.05) is 13.2 Å². The van der Waals surface area contributed by atoms with Gasteiger partial charge in [-0.3, -0.25) is 9.59 Å². The molecule has 0 heterocycles. The number of hydrogen-bond acceptors (Lipinski definition) is 3. The van der Waals surface area contributed by atoms with E-state index in [1.807, 2.05) is 13.8 Å². The third-order valence-corrected chi connectivity index (χ3v) is 4.13. The summed E-state index contributed by atoms with van der Waals surface area (Å²) < 4.78 is 0. The van der Waals surface area contributed by atoms with Crippen molar-refractivity contribution in [3.8, 4) is 0 Å². The van der Waals surface area contributed by atoms with Gasteiger partial charge in [-0.2, -0.15) is 0 Å². The Morgan fingerprint density at radius 1 is 1.32 bits per heavy atom. The molecule has 5 nitrogen and oxygen atoms in total. The second-order valence-electron chi connectivity index (χ2n) is 5.66. The van der Waals surface area contributed by atoms with E-state index in [9.17, 15) is 9.59 Å². The molecular weight excluding hydrogens is 246 g/mol. The Hall–Kier alpha value is -1.10. The van der Waals surface area contributed by atoms with Gasteiger partial charge in [0.1, 0.15) is 0 Å². The molecule has 0 aromatic heterocycles. The minimum Gasteiger partial charge on any atom is -0.481 e. The number of carboxylic acids is 1. The van der Waals surface area contributed by atoms with Crippen LogP contribution in [0.2, 0.25) is 0 Å². The van der Waals surface area contributed by atoms with Crippen LogP contribution in [-0.2, 0) is 9.59 Å². The lowest BCUT2D eigenvalue weighted by molar-refractivity contribution is -0.146. The number of carbonyl (C=O) groups is 2. The van der Waals surface area contributed by atoms with E-state index in [4.69, 9.17) is 10.2 Å². The van der Waals surface area contributed by atoms with Crippen molar-refractivity contribution in [2.24, 2.45) is 23.7 Å². The normalized spacial score (nSPS) is 28.1. The number of rotatable bonds is 7. The number of carbonyl (C=O) groups excluding carboxylic acids is 1. The summed E-state index contributed by atoms with van der Waals surface area (Å²) in [6.45, 7) is 4.65. The first-order valence-corrected chi connectivity index (χ1v) is 7.10. The van der Waals surface area contributed by atoms with Crippen LogP contribution in [0.25, 0.3) is 0 Å². The minimum atomic E-state index is -0.869. The van der Waals surface area contributed by atoms with Crippen molar-refractivity contribution in [3.05, 3.63) is 0 Å². The first-order chi connectivity index (χ1) is 8.99. The predicted octanol–water partition coefficient (Wildman–Crippen LogP) is 1.26. The monoisotopic (exact) mass is 271 g/mol. The van der Waals surface area contributed by atoms with Gasteiger partial charge in [0.05, 0.1) is 11.8 Å². The molecule has 1 aliphatic rings. The Bertz CT molecular complexity index is 319. The average molecular weight is 271 g/mol. The zero-order chi connectivity index (χ0) is 14.4. The summed E-state index contributed by atoms with van der Waals surface area (Å²) in [4.78, 5) is 23.2. The second-order valence-corrected chi connectivity index (χ2v) is 5.66. The van der Waals surface area contributed by atoms with Crippen molar-refractivity contribution in [3.63, 3.8) is 0 Å². The summed E-state index contributed by atoms with van der Waals surface area (Å²) in [5, 5.41) is 20.9. The molecular formula is C14H25NO4. The van der Waals surface area contributed by atoms with Crippen molar-refractivity contribution < 1.29 is 19.8 Å². The van der Waals surface area contributed by atoms with Gasteiger partial charge >= 0.3 is 5.97 Å². The summed E-state index contributed by atoms with van der Waals surface area (Å²) in [6, 6.07) is 0. The maximum atomic E-state index is 12.1. The standard InChI is InChI=1S/C14H25NO4/c1-3-10(4-5-16)8-15-13(17)11-6-9(2)7-12(11)14(18)19/h9-12,16H,3-8H2,1-2H3,(H,15,17)(H,18,19)/t9?,10?,11-,12+/m0/s1. The van der Waals surface area contributed by atoms with E-state index in [0.29, 0.717) is 25.8 Å². The average Bonchev–Trinajstić information content (AvgIpc) is 2.76. The number of carboxylic acid groups (broad SMARTS) is 1. The number of amides is 1. The topological polar surface area (TPSA) is 86.6 Å². The molecule has 19 heavy (non-hydrogen) atoms. The van der Waals surface area contributed by atoms with Crippen LogP contribution in [0.5, 0.6) is 0 Å². The molecule has 0 saturated heterocycles. The zero-order valence-electron chi connectivity index (χ0n) is 11.8. The van der Waals surface area contributed by atoms with Gasteiger partial charge in [-0.15, -0.1) is 0 Å². The van der Waals surface area contributed by atoms with E-state index in [1.165, 1.54) is 0 Å². The maximum absolute atomic E-state index is 12.1. The van der Waals surface area contributed by atoms with Crippen LogP contribution >= 0.6 is 0 Å². The molecule has 0 aromatic carbocycles. The first kappa shape index (κ1) is 16.0. The lowest BCUT2D eigenvalue weighted by atomic mass is 9.95. The van der Waals surface area contributed by atoms with Crippen molar-refractivity contribution in [2.45, 2.75) is 39.5 Å². The van der Waals surface area contributed by atoms with Crippen LogP contribution in [0.3, 0.4) is 0 Å². The van der Waals surface area contributed by atoms with Gasteiger partial charge in [0.15, 0.2) is 0 Å². The van der Waals surface area contributed by atoms with Crippen LogP contribution in [0.4, 0.5) is 0 Å². The molecule has 1 amide bonds. The molecule has 2 unspecified atom stereocenters. The Labute approximate surface area is 114 Å². The number of aliphatic carboxylic acids is 1. The quantitative estimate of drug-likeness (QED) is 0.650. The van der Waals surface area contributed by atoms with E-state index in [-0.39, 0.29) is 24.3 Å². The van der Waals surface area contributed by atoms with E-state index >= 15 is 0 Å². The van der Waals surface area contributed by atoms with Crippen molar-refractivity contribution in [1.82, 2.24) is 5.32 Å². The van der Waals surface area contributed by atoms with Gasteiger partial charge in [-0.05, 0) is 31.1 Å². The van der Waals surface area contributed by atoms with Crippen LogP contribution in [0.1, 0.15) is 39.5 Å². The molecule has 0 radical (unpaired) electrons. The summed E-state index contributed by atoms with van der Waals surface area (Å²) in [5.74, 6) is -1.42. The molecule has 1 saturated carbocycles. The van der Waals surface area contributed by atoms with Crippen molar-refractivity contribution in [1.29, 1.82) is 0 Å². The van der Waals surface area contributed by atoms with Crippen LogP contribution < -0.4 is 5.32 Å². The molecule has 5 heteroatoms. The number of nitrogens with one attached hydrogen (secondary N) is 1. The second kappa shape index (κ2) is 7.48. The number of aliphatic hydroxyl groups excluding tert-OH is 1. The van der Waals surface area contributed by atoms with Crippen LogP contribution in [-0.4, -0.2) is 35.2 Å². The molecule has 4 atom stereocenters. The van der Waals surface area contributed by atoms with Crippen LogP contribution in [0.15, 0.2) is 0 Å². The number of aliphatic hydroxyl groups is 1. The Morgan fingerprint density at radius 3 is 2.47 bits per heavy atom. The van der Waals surface area contributed by atoms with Gasteiger partial charge < -0.3 is 15.5 Å². The van der Waals surface area contributed by atoms with E-state index in [0.717, 1.165) is 6.42 Å². The highest BCUT2D eigenvalue weighted by molar-refractivity contribution is 5.85. The highest BCUT2D eigenvalue weighted by Gasteiger charge is 2.41. The lowest BCUT2D eigenvalue weighted by Gasteiger charge is -2.19. The summed E-state index contributed by atoms with van der Waals surface area (Å²) in [6.07, 6.45) is 2.80. The first-order valence-electron chi connectivity index (χ1n) is 7.10. The number of hydrogen-bond donors (Lipinski definition) is 3. The summed E-state index contributed by atoms with van der Waals surface area (Å²) >= 11 is 0. The van der Waals surface area contributed by atoms with E-state index in [1.54, 1.807) is 0 Å². The molecule has 0 bridgehead atoms. The molecule has 0 aromatic rings. The Morgan fingerprint density at radius 2 is 1.95 bits per heavy atom. The van der Waals surface area contributed by atoms with Crippen LogP contribution in [0, 0.1) is 23.7 Å². The third-order valence-electron chi connectivity index (χ3n) is 4.13. The largest absolute Gasteiger partial charge is 0.481 e. The van der Waals surface area contributed by atoms with Crippen molar-refractivity contribution in [2.75, 3.05) is 13.2 Å². The highest BCUT2D eigenvalue weighted by Crippen LogP contribution is 2.36. The zero-order valence-corrected chi connectivity index (χ0v) is 11.8.